The number of aryl methyl sites for hydroxylation is 1. The van der Waals surface area contributed by atoms with Gasteiger partial charge in [-0.1, -0.05) is 36.4 Å². The summed E-state index contributed by atoms with van der Waals surface area (Å²) in [6, 6.07) is 13.6. The summed E-state index contributed by atoms with van der Waals surface area (Å²) in [4.78, 5) is 40.0. The van der Waals surface area contributed by atoms with Crippen LogP contribution in [0.15, 0.2) is 48.5 Å². The number of hydrazine groups is 1. The molecule has 2 amide bonds. The summed E-state index contributed by atoms with van der Waals surface area (Å²) < 4.78 is 0. The predicted octanol–water partition coefficient (Wildman–Crippen LogP) is 3.41. The summed E-state index contributed by atoms with van der Waals surface area (Å²) >= 11 is 1.21. The minimum absolute atomic E-state index is 0.112. The maximum absolute atomic E-state index is 12.4. The van der Waals surface area contributed by atoms with Crippen molar-refractivity contribution in [3.8, 4) is 10.6 Å². The minimum Gasteiger partial charge on any atom is -0.267 e. The zero-order valence-electron chi connectivity index (χ0n) is 15.1. The molecule has 0 aliphatic heterocycles. The molecule has 0 saturated heterocycles. The number of aromatic nitrogens is 1. The van der Waals surface area contributed by atoms with Crippen molar-refractivity contribution in [2.45, 2.75) is 13.8 Å². The van der Waals surface area contributed by atoms with Crippen LogP contribution in [-0.2, 0) is 0 Å². The molecule has 1 heterocycles. The number of carbonyl (C=O) groups excluding carboxylic acids is 2. The number of thiazole rings is 1. The third kappa shape index (κ3) is 3.89. The molecule has 0 radical (unpaired) electrons. The van der Waals surface area contributed by atoms with Gasteiger partial charge in [-0.3, -0.25) is 30.6 Å². The van der Waals surface area contributed by atoms with E-state index in [-0.39, 0.29) is 16.8 Å². The Labute approximate surface area is 164 Å². The Balaban J connectivity index is 1.73. The van der Waals surface area contributed by atoms with Gasteiger partial charge in [-0.05, 0) is 19.9 Å². The Kier molecular flexibility index (Phi) is 5.46. The van der Waals surface area contributed by atoms with Gasteiger partial charge < -0.3 is 0 Å². The van der Waals surface area contributed by atoms with Gasteiger partial charge in [-0.15, -0.1) is 11.3 Å². The van der Waals surface area contributed by atoms with E-state index in [4.69, 9.17) is 0 Å². The van der Waals surface area contributed by atoms with Gasteiger partial charge in [0.1, 0.15) is 9.88 Å². The molecule has 2 N–H and O–H groups in total. The van der Waals surface area contributed by atoms with Crippen molar-refractivity contribution < 1.29 is 14.5 Å². The lowest BCUT2D eigenvalue weighted by Crippen LogP contribution is -2.41. The first-order valence-electron chi connectivity index (χ1n) is 8.26. The number of nitro groups is 1. The fourth-order valence-corrected chi connectivity index (χ4v) is 3.58. The van der Waals surface area contributed by atoms with Gasteiger partial charge in [0.25, 0.3) is 17.5 Å². The second kappa shape index (κ2) is 7.97. The molecule has 0 saturated carbocycles. The number of rotatable bonds is 4. The summed E-state index contributed by atoms with van der Waals surface area (Å²) in [6.45, 7) is 3.19. The fourth-order valence-electron chi connectivity index (χ4n) is 2.62. The van der Waals surface area contributed by atoms with E-state index in [1.807, 2.05) is 30.3 Å². The number of nitro benzene ring substituents is 1. The second-order valence-electron chi connectivity index (χ2n) is 5.91. The van der Waals surface area contributed by atoms with E-state index < -0.39 is 16.7 Å². The number of hydrogen-bond donors (Lipinski definition) is 2. The molecular weight excluding hydrogens is 380 g/mol. The predicted molar refractivity (Wildman–Crippen MR) is 105 cm³/mol. The first-order chi connectivity index (χ1) is 13.4. The van der Waals surface area contributed by atoms with Crippen molar-refractivity contribution in [2.75, 3.05) is 0 Å². The molecule has 3 aromatic rings. The standard InChI is InChI=1S/C19H16N4O4S/c1-11-14(9-6-10-15(11)23(26)27)17(24)21-22-18(25)16-12(2)20-19(28-16)13-7-4-3-5-8-13/h3-10H,1-2H3,(H,21,24)(H,22,25). The van der Waals surface area contributed by atoms with Crippen molar-refractivity contribution in [3.05, 3.63) is 80.3 Å². The monoisotopic (exact) mass is 396 g/mol. The van der Waals surface area contributed by atoms with E-state index in [9.17, 15) is 19.7 Å². The zero-order valence-corrected chi connectivity index (χ0v) is 15.9. The van der Waals surface area contributed by atoms with Gasteiger partial charge in [0.2, 0.25) is 0 Å². The minimum atomic E-state index is -0.639. The van der Waals surface area contributed by atoms with Crippen molar-refractivity contribution in [1.29, 1.82) is 0 Å². The normalized spacial score (nSPS) is 10.4. The Hall–Kier alpha value is -3.59. The van der Waals surface area contributed by atoms with E-state index in [0.29, 0.717) is 15.6 Å². The highest BCUT2D eigenvalue weighted by molar-refractivity contribution is 7.17. The summed E-state index contributed by atoms with van der Waals surface area (Å²) in [6.07, 6.45) is 0. The van der Waals surface area contributed by atoms with E-state index in [1.165, 1.54) is 36.5 Å². The molecule has 142 valence electrons. The quantitative estimate of drug-likeness (QED) is 0.518. The van der Waals surface area contributed by atoms with E-state index in [2.05, 4.69) is 15.8 Å². The van der Waals surface area contributed by atoms with Crippen molar-refractivity contribution in [1.82, 2.24) is 15.8 Å². The highest BCUT2D eigenvalue weighted by Gasteiger charge is 2.20. The van der Waals surface area contributed by atoms with E-state index >= 15 is 0 Å². The second-order valence-corrected chi connectivity index (χ2v) is 6.91. The van der Waals surface area contributed by atoms with Crippen LogP contribution in [0.5, 0.6) is 0 Å². The molecular formula is C19H16N4O4S. The molecule has 28 heavy (non-hydrogen) atoms. The highest BCUT2D eigenvalue weighted by atomic mass is 32.1. The van der Waals surface area contributed by atoms with E-state index in [0.717, 1.165) is 5.56 Å². The molecule has 0 aliphatic carbocycles. The van der Waals surface area contributed by atoms with Crippen LogP contribution in [0.1, 0.15) is 31.3 Å². The van der Waals surface area contributed by atoms with Crippen LogP contribution in [-0.4, -0.2) is 21.7 Å². The van der Waals surface area contributed by atoms with Gasteiger partial charge >= 0.3 is 0 Å². The lowest BCUT2D eigenvalue weighted by Gasteiger charge is -2.08. The fraction of sp³-hybridized carbons (Fsp3) is 0.105. The molecule has 0 bridgehead atoms. The van der Waals surface area contributed by atoms with Gasteiger partial charge in [-0.25, -0.2) is 4.98 Å². The van der Waals surface area contributed by atoms with Crippen molar-refractivity contribution >= 4 is 28.8 Å². The maximum Gasteiger partial charge on any atom is 0.281 e. The van der Waals surface area contributed by atoms with E-state index in [1.54, 1.807) is 6.92 Å². The third-order valence-corrected chi connectivity index (χ3v) is 5.26. The average molecular weight is 396 g/mol. The molecule has 2 aromatic carbocycles. The highest BCUT2D eigenvalue weighted by Crippen LogP contribution is 2.27. The molecule has 9 heteroatoms. The van der Waals surface area contributed by atoms with Gasteiger partial charge in [0.05, 0.1) is 16.2 Å². The van der Waals surface area contributed by atoms with Gasteiger partial charge in [0, 0.05) is 17.2 Å². The SMILES string of the molecule is Cc1nc(-c2ccccc2)sc1C(=O)NNC(=O)c1cccc([N+](=O)[O-])c1C. The smallest absolute Gasteiger partial charge is 0.267 e. The third-order valence-electron chi connectivity index (χ3n) is 4.06. The molecule has 0 spiro atoms. The Morgan fingerprint density at radius 2 is 1.68 bits per heavy atom. The number of carbonyl (C=O) groups is 2. The first-order valence-corrected chi connectivity index (χ1v) is 9.07. The van der Waals surface area contributed by atoms with Crippen LogP contribution < -0.4 is 10.9 Å². The van der Waals surface area contributed by atoms with Crippen molar-refractivity contribution in [2.24, 2.45) is 0 Å². The number of benzene rings is 2. The van der Waals surface area contributed by atoms with Gasteiger partial charge in [-0.2, -0.15) is 0 Å². The van der Waals surface area contributed by atoms with Crippen LogP contribution in [0.2, 0.25) is 0 Å². The lowest BCUT2D eigenvalue weighted by molar-refractivity contribution is -0.385. The van der Waals surface area contributed by atoms with Crippen LogP contribution >= 0.6 is 11.3 Å². The Morgan fingerprint density at radius 1 is 1.00 bits per heavy atom. The number of nitrogens with one attached hydrogen (secondary N) is 2. The maximum atomic E-state index is 12.4. The number of nitrogens with zero attached hydrogens (tertiary/aromatic N) is 2. The Bertz CT molecular complexity index is 1060. The van der Waals surface area contributed by atoms with Gasteiger partial charge in [0.15, 0.2) is 0 Å². The largest absolute Gasteiger partial charge is 0.281 e. The first kappa shape index (κ1) is 19.2. The summed E-state index contributed by atoms with van der Waals surface area (Å²) in [7, 11) is 0. The van der Waals surface area contributed by atoms with Crippen LogP contribution in [0.3, 0.4) is 0 Å². The number of hydrogen-bond acceptors (Lipinski definition) is 6. The molecule has 3 rings (SSSR count). The van der Waals surface area contributed by atoms with Crippen LogP contribution in [0.25, 0.3) is 10.6 Å². The van der Waals surface area contributed by atoms with Crippen LogP contribution in [0.4, 0.5) is 5.69 Å². The molecule has 0 atom stereocenters. The summed E-state index contributed by atoms with van der Waals surface area (Å²) in [5, 5.41) is 11.7. The van der Waals surface area contributed by atoms with Crippen molar-refractivity contribution in [3.63, 3.8) is 0 Å². The molecule has 0 fully saturated rings. The number of amides is 2. The lowest BCUT2D eigenvalue weighted by atomic mass is 10.1. The summed E-state index contributed by atoms with van der Waals surface area (Å²) in [5.41, 5.74) is 6.25. The molecule has 0 unspecified atom stereocenters. The summed E-state index contributed by atoms with van der Waals surface area (Å²) in [5.74, 6) is -1.14. The molecule has 0 aliphatic rings. The average Bonchev–Trinajstić information content (AvgIpc) is 3.08. The topological polar surface area (TPSA) is 114 Å². The van der Waals surface area contributed by atoms with Crippen LogP contribution in [0, 0.1) is 24.0 Å². The zero-order chi connectivity index (χ0) is 20.3. The molecule has 8 nitrogen and oxygen atoms in total. The molecule has 1 aromatic heterocycles. The Morgan fingerprint density at radius 3 is 2.36 bits per heavy atom.